The summed E-state index contributed by atoms with van der Waals surface area (Å²) in [7, 11) is 1.29. The molecule has 0 aliphatic rings. The van der Waals surface area contributed by atoms with Gasteiger partial charge < -0.3 is 4.74 Å². The van der Waals surface area contributed by atoms with Gasteiger partial charge in [-0.2, -0.15) is 0 Å². The van der Waals surface area contributed by atoms with Gasteiger partial charge in [-0.3, -0.25) is 4.98 Å². The number of carbonyl (C=O) groups is 1. The lowest BCUT2D eigenvalue weighted by Crippen LogP contribution is -2.05. The third-order valence-electron chi connectivity index (χ3n) is 3.11. The number of hydrogen-bond donors (Lipinski definition) is 0. The molecule has 104 valence electrons. The van der Waals surface area contributed by atoms with Crippen molar-refractivity contribution >= 4 is 16.9 Å². The van der Waals surface area contributed by atoms with Crippen LogP contribution in [0.3, 0.4) is 0 Å². The summed E-state index contributed by atoms with van der Waals surface area (Å²) >= 11 is 0. The summed E-state index contributed by atoms with van der Waals surface area (Å²) in [5.74, 6) is -0.911. The lowest BCUT2D eigenvalue weighted by Gasteiger charge is -2.08. The van der Waals surface area contributed by atoms with Crippen LogP contribution in [0.4, 0.5) is 4.39 Å². The topological polar surface area (TPSA) is 52.1 Å². The van der Waals surface area contributed by atoms with E-state index >= 15 is 0 Å². The van der Waals surface area contributed by atoms with Gasteiger partial charge in [0.05, 0.1) is 18.3 Å². The van der Waals surface area contributed by atoms with Gasteiger partial charge in [0.25, 0.3) is 0 Å². The van der Waals surface area contributed by atoms with Gasteiger partial charge in [0, 0.05) is 17.1 Å². The molecule has 0 aliphatic carbocycles. The normalized spacial score (nSPS) is 10.6. The molecular formula is C16H11FN2O2. The molecule has 0 spiro atoms. The van der Waals surface area contributed by atoms with Gasteiger partial charge in [-0.25, -0.2) is 14.2 Å². The molecule has 0 atom stereocenters. The molecule has 4 nitrogen and oxygen atoms in total. The van der Waals surface area contributed by atoms with Crippen molar-refractivity contribution < 1.29 is 13.9 Å². The van der Waals surface area contributed by atoms with Crippen molar-refractivity contribution in [2.24, 2.45) is 0 Å². The van der Waals surface area contributed by atoms with Crippen LogP contribution in [0.25, 0.3) is 22.2 Å². The first-order valence-corrected chi connectivity index (χ1v) is 6.29. The smallest absolute Gasteiger partial charge is 0.356 e. The summed E-state index contributed by atoms with van der Waals surface area (Å²) in [6, 6.07) is 11.2. The molecule has 0 bridgehead atoms. The van der Waals surface area contributed by atoms with E-state index in [2.05, 4.69) is 9.97 Å². The highest BCUT2D eigenvalue weighted by Gasteiger charge is 2.14. The standard InChI is InChI=1S/C16H11FN2O2/c1-21-16(20)15-9-12(13-4-2-3-7-18-13)11-8-10(17)5-6-14(11)19-15/h2-9H,1H3. The minimum atomic E-state index is -0.543. The van der Waals surface area contributed by atoms with E-state index in [1.807, 2.05) is 6.07 Å². The van der Waals surface area contributed by atoms with Crippen LogP contribution in [0.15, 0.2) is 48.7 Å². The van der Waals surface area contributed by atoms with Crippen LogP contribution in [0.5, 0.6) is 0 Å². The monoisotopic (exact) mass is 282 g/mol. The first kappa shape index (κ1) is 13.2. The zero-order valence-electron chi connectivity index (χ0n) is 11.2. The van der Waals surface area contributed by atoms with E-state index in [0.717, 1.165) is 0 Å². The molecule has 0 saturated carbocycles. The van der Waals surface area contributed by atoms with Gasteiger partial charge in [-0.05, 0) is 36.4 Å². The zero-order chi connectivity index (χ0) is 14.8. The fraction of sp³-hybridized carbons (Fsp3) is 0.0625. The summed E-state index contributed by atoms with van der Waals surface area (Å²) in [4.78, 5) is 20.2. The maximum atomic E-state index is 13.5. The van der Waals surface area contributed by atoms with Gasteiger partial charge in [-0.15, -0.1) is 0 Å². The molecule has 0 fully saturated rings. The minimum absolute atomic E-state index is 0.164. The van der Waals surface area contributed by atoms with Crippen molar-refractivity contribution in [1.82, 2.24) is 9.97 Å². The molecule has 1 aromatic carbocycles. The quantitative estimate of drug-likeness (QED) is 0.677. The van der Waals surface area contributed by atoms with Crippen molar-refractivity contribution in [3.05, 3.63) is 60.2 Å². The van der Waals surface area contributed by atoms with E-state index in [9.17, 15) is 9.18 Å². The number of halogens is 1. The number of esters is 1. The first-order chi connectivity index (χ1) is 10.2. The Morgan fingerprint density at radius 1 is 1.19 bits per heavy atom. The Labute approximate surface area is 120 Å². The first-order valence-electron chi connectivity index (χ1n) is 6.29. The lowest BCUT2D eigenvalue weighted by molar-refractivity contribution is 0.0594. The van der Waals surface area contributed by atoms with Crippen LogP contribution in [-0.4, -0.2) is 23.0 Å². The van der Waals surface area contributed by atoms with Crippen LogP contribution in [0.2, 0.25) is 0 Å². The highest BCUT2D eigenvalue weighted by atomic mass is 19.1. The number of methoxy groups -OCH3 is 1. The molecule has 0 unspecified atom stereocenters. The highest BCUT2D eigenvalue weighted by Crippen LogP contribution is 2.28. The van der Waals surface area contributed by atoms with Gasteiger partial charge in [0.15, 0.2) is 0 Å². The summed E-state index contributed by atoms with van der Waals surface area (Å²) < 4.78 is 18.2. The van der Waals surface area contributed by atoms with Crippen LogP contribution < -0.4 is 0 Å². The maximum absolute atomic E-state index is 13.5. The second-order valence-electron chi connectivity index (χ2n) is 4.42. The second-order valence-corrected chi connectivity index (χ2v) is 4.42. The number of hydrogen-bond acceptors (Lipinski definition) is 4. The largest absolute Gasteiger partial charge is 0.464 e. The van der Waals surface area contributed by atoms with E-state index in [1.165, 1.54) is 25.3 Å². The molecule has 0 N–H and O–H groups in total. The molecule has 0 amide bonds. The predicted octanol–water partition coefficient (Wildman–Crippen LogP) is 3.22. The Hall–Kier alpha value is -2.82. The molecular weight excluding hydrogens is 271 g/mol. The van der Waals surface area contributed by atoms with Gasteiger partial charge in [-0.1, -0.05) is 6.07 Å². The van der Waals surface area contributed by atoms with Crippen molar-refractivity contribution in [3.8, 4) is 11.3 Å². The Bertz CT molecular complexity index is 819. The number of ether oxygens (including phenoxy) is 1. The Morgan fingerprint density at radius 2 is 2.05 bits per heavy atom. The van der Waals surface area contributed by atoms with Crippen molar-refractivity contribution in [1.29, 1.82) is 0 Å². The molecule has 21 heavy (non-hydrogen) atoms. The van der Waals surface area contributed by atoms with Crippen molar-refractivity contribution in [2.45, 2.75) is 0 Å². The number of aromatic nitrogens is 2. The number of pyridine rings is 2. The highest BCUT2D eigenvalue weighted by molar-refractivity contribution is 5.99. The average molecular weight is 282 g/mol. The Morgan fingerprint density at radius 3 is 2.76 bits per heavy atom. The zero-order valence-corrected chi connectivity index (χ0v) is 11.2. The summed E-state index contributed by atoms with van der Waals surface area (Å²) in [5.41, 5.74) is 1.96. The van der Waals surface area contributed by atoms with E-state index in [1.54, 1.807) is 24.4 Å². The van der Waals surface area contributed by atoms with Crippen LogP contribution in [-0.2, 0) is 4.74 Å². The van der Waals surface area contributed by atoms with Crippen molar-refractivity contribution in [2.75, 3.05) is 7.11 Å². The number of carbonyl (C=O) groups excluding carboxylic acids is 1. The van der Waals surface area contributed by atoms with E-state index in [4.69, 9.17) is 4.74 Å². The fourth-order valence-corrected chi connectivity index (χ4v) is 2.14. The number of nitrogens with zero attached hydrogens (tertiary/aromatic N) is 2. The number of fused-ring (bicyclic) bond motifs is 1. The van der Waals surface area contributed by atoms with Gasteiger partial charge >= 0.3 is 5.97 Å². The van der Waals surface area contributed by atoms with E-state index in [-0.39, 0.29) is 11.5 Å². The predicted molar refractivity (Wildman–Crippen MR) is 76.3 cm³/mol. The van der Waals surface area contributed by atoms with Crippen LogP contribution in [0.1, 0.15) is 10.5 Å². The summed E-state index contributed by atoms with van der Waals surface area (Å²) in [6.45, 7) is 0. The Balaban J connectivity index is 2.33. The molecule has 2 aromatic heterocycles. The number of benzene rings is 1. The molecule has 5 heteroatoms. The van der Waals surface area contributed by atoms with E-state index < -0.39 is 5.97 Å². The summed E-state index contributed by atoms with van der Waals surface area (Å²) in [5, 5.41) is 0.598. The van der Waals surface area contributed by atoms with Gasteiger partial charge in [0.2, 0.25) is 0 Å². The molecule has 0 aliphatic heterocycles. The summed E-state index contributed by atoms with van der Waals surface area (Å²) in [6.07, 6.45) is 1.64. The van der Waals surface area contributed by atoms with Gasteiger partial charge in [0.1, 0.15) is 11.5 Å². The van der Waals surface area contributed by atoms with Crippen LogP contribution >= 0.6 is 0 Å². The Kier molecular flexibility index (Phi) is 3.31. The van der Waals surface area contributed by atoms with Crippen LogP contribution in [0, 0.1) is 5.82 Å². The molecule has 2 heterocycles. The SMILES string of the molecule is COC(=O)c1cc(-c2ccccn2)c2cc(F)ccc2n1. The molecule has 0 saturated heterocycles. The third kappa shape index (κ3) is 2.45. The fourth-order valence-electron chi connectivity index (χ4n) is 2.14. The molecule has 0 radical (unpaired) electrons. The number of rotatable bonds is 2. The molecule has 3 aromatic rings. The average Bonchev–Trinajstić information content (AvgIpc) is 2.54. The maximum Gasteiger partial charge on any atom is 0.356 e. The third-order valence-corrected chi connectivity index (χ3v) is 3.11. The lowest BCUT2D eigenvalue weighted by atomic mass is 10.0. The van der Waals surface area contributed by atoms with E-state index in [0.29, 0.717) is 22.2 Å². The second kappa shape index (κ2) is 5.28. The van der Waals surface area contributed by atoms with Crippen molar-refractivity contribution in [3.63, 3.8) is 0 Å². The molecule has 3 rings (SSSR count). The minimum Gasteiger partial charge on any atom is -0.464 e.